The van der Waals surface area contributed by atoms with Gasteiger partial charge in [0, 0.05) is 0 Å². The molecule has 0 saturated heterocycles. The SMILES string of the molecule is Cc1ccc2c(c1)CC[C@@H]2O. The van der Waals surface area contributed by atoms with Crippen molar-refractivity contribution in [2.24, 2.45) is 0 Å². The van der Waals surface area contributed by atoms with E-state index in [0.717, 1.165) is 18.4 Å². The first kappa shape index (κ1) is 6.86. The van der Waals surface area contributed by atoms with Crippen molar-refractivity contribution in [1.29, 1.82) is 0 Å². The van der Waals surface area contributed by atoms with Crippen LogP contribution in [0.3, 0.4) is 0 Å². The summed E-state index contributed by atoms with van der Waals surface area (Å²) in [4.78, 5) is 0. The van der Waals surface area contributed by atoms with E-state index in [1.165, 1.54) is 11.1 Å². The lowest BCUT2D eigenvalue weighted by Crippen LogP contribution is -1.89. The lowest BCUT2D eigenvalue weighted by atomic mass is 10.1. The van der Waals surface area contributed by atoms with Crippen LogP contribution in [0.5, 0.6) is 0 Å². The van der Waals surface area contributed by atoms with Gasteiger partial charge in [-0.25, -0.2) is 0 Å². The fourth-order valence-electron chi connectivity index (χ4n) is 1.72. The van der Waals surface area contributed by atoms with Gasteiger partial charge >= 0.3 is 0 Å². The summed E-state index contributed by atoms with van der Waals surface area (Å²) in [6.07, 6.45) is 1.74. The zero-order valence-electron chi connectivity index (χ0n) is 6.67. The van der Waals surface area contributed by atoms with Gasteiger partial charge in [0.2, 0.25) is 0 Å². The molecule has 0 spiro atoms. The van der Waals surface area contributed by atoms with E-state index < -0.39 is 0 Å². The van der Waals surface area contributed by atoms with E-state index in [2.05, 4.69) is 19.1 Å². The van der Waals surface area contributed by atoms with Gasteiger partial charge in [0.05, 0.1) is 6.10 Å². The molecule has 0 bridgehead atoms. The molecule has 0 saturated carbocycles. The molecule has 0 unspecified atom stereocenters. The Balaban J connectivity index is 2.50. The van der Waals surface area contributed by atoms with Crippen LogP contribution in [-0.2, 0) is 6.42 Å². The molecule has 1 aromatic carbocycles. The van der Waals surface area contributed by atoms with Crippen LogP contribution in [-0.4, -0.2) is 5.11 Å². The minimum Gasteiger partial charge on any atom is -0.388 e. The van der Waals surface area contributed by atoms with Crippen LogP contribution in [0.25, 0.3) is 0 Å². The van der Waals surface area contributed by atoms with E-state index in [4.69, 9.17) is 0 Å². The summed E-state index contributed by atoms with van der Waals surface area (Å²) in [5, 5.41) is 9.47. The highest BCUT2D eigenvalue weighted by Crippen LogP contribution is 2.30. The maximum Gasteiger partial charge on any atom is 0.0795 e. The number of benzene rings is 1. The predicted molar refractivity (Wildman–Crippen MR) is 44.5 cm³/mol. The molecule has 0 heterocycles. The number of aliphatic hydroxyl groups is 1. The smallest absolute Gasteiger partial charge is 0.0795 e. The van der Waals surface area contributed by atoms with E-state index in [1.54, 1.807) is 0 Å². The molecule has 11 heavy (non-hydrogen) atoms. The minimum absolute atomic E-state index is 0.203. The quantitative estimate of drug-likeness (QED) is 0.596. The number of fused-ring (bicyclic) bond motifs is 1. The highest BCUT2D eigenvalue weighted by Gasteiger charge is 2.18. The maximum absolute atomic E-state index is 9.47. The van der Waals surface area contributed by atoms with Crippen molar-refractivity contribution in [2.45, 2.75) is 25.9 Å². The third-order valence-electron chi connectivity index (χ3n) is 2.34. The van der Waals surface area contributed by atoms with Gasteiger partial charge < -0.3 is 5.11 Å². The molecule has 1 aliphatic carbocycles. The summed E-state index contributed by atoms with van der Waals surface area (Å²) in [7, 11) is 0. The molecule has 0 amide bonds. The Labute approximate surface area is 66.7 Å². The van der Waals surface area contributed by atoms with Gasteiger partial charge in [-0.3, -0.25) is 0 Å². The summed E-state index contributed by atoms with van der Waals surface area (Å²) in [6, 6.07) is 6.28. The van der Waals surface area contributed by atoms with Gasteiger partial charge in [-0.1, -0.05) is 23.8 Å². The maximum atomic E-state index is 9.47. The minimum atomic E-state index is -0.203. The van der Waals surface area contributed by atoms with Crippen molar-refractivity contribution in [1.82, 2.24) is 0 Å². The van der Waals surface area contributed by atoms with Crippen molar-refractivity contribution in [3.05, 3.63) is 34.9 Å². The summed E-state index contributed by atoms with van der Waals surface area (Å²) in [5.74, 6) is 0. The molecule has 0 radical (unpaired) electrons. The Morgan fingerprint density at radius 2 is 2.27 bits per heavy atom. The first-order chi connectivity index (χ1) is 5.27. The normalized spacial score (nSPS) is 21.8. The van der Waals surface area contributed by atoms with Gasteiger partial charge in [0.25, 0.3) is 0 Å². The molecular formula is C10H12O. The van der Waals surface area contributed by atoms with Crippen LogP contribution < -0.4 is 0 Å². The first-order valence-corrected chi connectivity index (χ1v) is 4.05. The van der Waals surface area contributed by atoms with Crippen molar-refractivity contribution in [3.63, 3.8) is 0 Å². The predicted octanol–water partition coefficient (Wildman–Crippen LogP) is 1.97. The molecular weight excluding hydrogens is 136 g/mol. The summed E-state index contributed by atoms with van der Waals surface area (Å²) in [5.41, 5.74) is 3.76. The zero-order valence-corrected chi connectivity index (χ0v) is 6.67. The topological polar surface area (TPSA) is 20.2 Å². The highest BCUT2D eigenvalue weighted by atomic mass is 16.3. The van der Waals surface area contributed by atoms with Crippen molar-refractivity contribution < 1.29 is 5.11 Å². The lowest BCUT2D eigenvalue weighted by Gasteiger charge is -2.02. The number of aliphatic hydroxyl groups excluding tert-OH is 1. The van der Waals surface area contributed by atoms with E-state index in [-0.39, 0.29) is 6.10 Å². The van der Waals surface area contributed by atoms with Crippen molar-refractivity contribution in [2.75, 3.05) is 0 Å². The second-order valence-electron chi connectivity index (χ2n) is 3.26. The fraction of sp³-hybridized carbons (Fsp3) is 0.400. The molecule has 0 aliphatic heterocycles. The molecule has 1 atom stereocenters. The molecule has 1 aliphatic rings. The second-order valence-corrected chi connectivity index (χ2v) is 3.26. The van der Waals surface area contributed by atoms with Gasteiger partial charge in [0.1, 0.15) is 0 Å². The molecule has 1 nitrogen and oxygen atoms in total. The third kappa shape index (κ3) is 1.05. The van der Waals surface area contributed by atoms with Gasteiger partial charge in [-0.2, -0.15) is 0 Å². The highest BCUT2D eigenvalue weighted by molar-refractivity contribution is 5.36. The van der Waals surface area contributed by atoms with Gasteiger partial charge in [-0.05, 0) is 30.9 Å². The Morgan fingerprint density at radius 3 is 3.09 bits per heavy atom. The van der Waals surface area contributed by atoms with Crippen LogP contribution >= 0.6 is 0 Å². The lowest BCUT2D eigenvalue weighted by molar-refractivity contribution is 0.180. The number of hydrogen-bond acceptors (Lipinski definition) is 1. The summed E-state index contributed by atoms with van der Waals surface area (Å²) in [6.45, 7) is 2.09. The number of aryl methyl sites for hydroxylation is 2. The monoisotopic (exact) mass is 148 g/mol. The van der Waals surface area contributed by atoms with E-state index in [1.807, 2.05) is 6.07 Å². The Bertz CT molecular complexity index is 278. The Hall–Kier alpha value is -0.820. The van der Waals surface area contributed by atoms with E-state index in [0.29, 0.717) is 0 Å². The van der Waals surface area contributed by atoms with Crippen LogP contribution in [0.1, 0.15) is 29.2 Å². The van der Waals surface area contributed by atoms with Crippen LogP contribution in [0.2, 0.25) is 0 Å². The van der Waals surface area contributed by atoms with Crippen LogP contribution in [0.4, 0.5) is 0 Å². The summed E-state index contributed by atoms with van der Waals surface area (Å²) < 4.78 is 0. The average molecular weight is 148 g/mol. The number of hydrogen-bond donors (Lipinski definition) is 1. The van der Waals surface area contributed by atoms with Crippen molar-refractivity contribution in [3.8, 4) is 0 Å². The molecule has 0 aromatic heterocycles. The zero-order chi connectivity index (χ0) is 7.84. The average Bonchev–Trinajstić information content (AvgIpc) is 2.32. The number of rotatable bonds is 0. The molecule has 1 heteroatoms. The van der Waals surface area contributed by atoms with Crippen LogP contribution in [0.15, 0.2) is 18.2 Å². The Morgan fingerprint density at radius 1 is 1.45 bits per heavy atom. The van der Waals surface area contributed by atoms with Crippen LogP contribution in [0, 0.1) is 6.92 Å². The second kappa shape index (κ2) is 2.35. The van der Waals surface area contributed by atoms with Gasteiger partial charge in [0.15, 0.2) is 0 Å². The third-order valence-corrected chi connectivity index (χ3v) is 2.34. The standard InChI is InChI=1S/C10H12O/c1-7-2-4-9-8(6-7)3-5-10(9)11/h2,4,6,10-11H,3,5H2,1H3/t10-/m0/s1. The van der Waals surface area contributed by atoms with E-state index >= 15 is 0 Å². The Kier molecular flexibility index (Phi) is 1.46. The molecule has 1 aromatic rings. The largest absolute Gasteiger partial charge is 0.388 e. The molecule has 58 valence electrons. The van der Waals surface area contributed by atoms with Crippen molar-refractivity contribution >= 4 is 0 Å². The molecule has 1 N–H and O–H groups in total. The van der Waals surface area contributed by atoms with E-state index in [9.17, 15) is 5.11 Å². The summed E-state index contributed by atoms with van der Waals surface area (Å²) >= 11 is 0. The fourth-order valence-corrected chi connectivity index (χ4v) is 1.72. The molecule has 0 fully saturated rings. The first-order valence-electron chi connectivity index (χ1n) is 4.05. The molecule has 2 rings (SSSR count). The van der Waals surface area contributed by atoms with Gasteiger partial charge in [-0.15, -0.1) is 0 Å².